The topological polar surface area (TPSA) is 53.1 Å². The normalized spacial score (nSPS) is 18.2. The van der Waals surface area contributed by atoms with E-state index >= 15 is 0 Å². The van der Waals surface area contributed by atoms with Crippen LogP contribution < -0.4 is 0 Å². The van der Waals surface area contributed by atoms with E-state index in [1.54, 1.807) is 19.1 Å². The van der Waals surface area contributed by atoms with Crippen LogP contribution in [0.5, 0.6) is 0 Å². The second kappa shape index (κ2) is 6.99. The van der Waals surface area contributed by atoms with Crippen LogP contribution in [0.3, 0.4) is 0 Å². The fourth-order valence-electron chi connectivity index (χ4n) is 3.99. The van der Waals surface area contributed by atoms with Gasteiger partial charge in [0, 0.05) is 16.7 Å². The summed E-state index contributed by atoms with van der Waals surface area (Å²) in [7, 11) is 0. The summed E-state index contributed by atoms with van der Waals surface area (Å²) in [6, 6.07) is 4.00. The van der Waals surface area contributed by atoms with Crippen LogP contribution in [0.15, 0.2) is 18.2 Å². The molecule has 1 aliphatic heterocycles. The van der Waals surface area contributed by atoms with E-state index in [-0.39, 0.29) is 24.2 Å². The number of halogens is 4. The van der Waals surface area contributed by atoms with Crippen molar-refractivity contribution in [3.05, 3.63) is 50.9 Å². The molecule has 150 valence electrons. The second-order valence-corrected chi connectivity index (χ2v) is 7.70. The summed E-state index contributed by atoms with van der Waals surface area (Å²) in [6.45, 7) is 1.79. The molecular formula is C19H19ClF3N3O2. The maximum absolute atomic E-state index is 13.3. The summed E-state index contributed by atoms with van der Waals surface area (Å²) < 4.78 is 47.5. The zero-order chi connectivity index (χ0) is 20.1. The van der Waals surface area contributed by atoms with Crippen molar-refractivity contribution in [2.75, 3.05) is 0 Å². The highest BCUT2D eigenvalue weighted by molar-refractivity contribution is 6.30. The number of hydrogen-bond acceptors (Lipinski definition) is 3. The number of benzene rings is 1. The first-order chi connectivity index (χ1) is 13.3. The van der Waals surface area contributed by atoms with E-state index in [2.05, 4.69) is 5.10 Å². The maximum Gasteiger partial charge on any atom is 0.435 e. The number of ether oxygens (including phenoxy) is 1. The zero-order valence-corrected chi connectivity index (χ0v) is 16.0. The van der Waals surface area contributed by atoms with Crippen LogP contribution in [0.25, 0.3) is 0 Å². The molecule has 1 fully saturated rings. The fourth-order valence-corrected chi connectivity index (χ4v) is 4.28. The lowest BCUT2D eigenvalue weighted by atomic mass is 9.95. The molecule has 0 amide bonds. The van der Waals surface area contributed by atoms with Gasteiger partial charge < -0.3 is 9.94 Å². The van der Waals surface area contributed by atoms with Crippen LogP contribution in [0.2, 0.25) is 5.02 Å². The number of fused-ring (bicyclic) bond motifs is 1. The van der Waals surface area contributed by atoms with Gasteiger partial charge in [0.15, 0.2) is 11.4 Å². The van der Waals surface area contributed by atoms with Gasteiger partial charge in [0.2, 0.25) is 5.69 Å². The van der Waals surface area contributed by atoms with Crippen LogP contribution in [-0.4, -0.2) is 20.4 Å². The summed E-state index contributed by atoms with van der Waals surface area (Å²) in [5.41, 5.74) is 0.641. The standard InChI is InChI=1S/C19H19ClF3N3O2/c1-11-7-13(20)8-12-10-28-18(26(27)17(11)12)15-9-16(19(21,22)23)24-25(15)14-5-3-2-4-6-14/h7-9,14H,2-6,10H2,1H3. The van der Waals surface area contributed by atoms with Crippen LogP contribution >= 0.6 is 11.6 Å². The van der Waals surface area contributed by atoms with E-state index in [9.17, 15) is 18.4 Å². The molecule has 0 saturated heterocycles. The number of alkyl halides is 3. The molecule has 0 radical (unpaired) electrons. The van der Waals surface area contributed by atoms with Gasteiger partial charge in [-0.05, 0) is 31.9 Å². The Morgan fingerprint density at radius 2 is 1.93 bits per heavy atom. The monoisotopic (exact) mass is 413 g/mol. The predicted octanol–water partition coefficient (Wildman–Crippen LogP) is 5.49. The zero-order valence-electron chi connectivity index (χ0n) is 15.2. The van der Waals surface area contributed by atoms with Gasteiger partial charge >= 0.3 is 12.1 Å². The highest BCUT2D eigenvalue weighted by Crippen LogP contribution is 2.36. The summed E-state index contributed by atoms with van der Waals surface area (Å²) in [4.78, 5) is 0. The Kier molecular flexibility index (Phi) is 4.77. The van der Waals surface area contributed by atoms with Gasteiger partial charge in [-0.2, -0.15) is 18.3 Å². The number of aromatic nitrogens is 2. The summed E-state index contributed by atoms with van der Waals surface area (Å²) in [6.07, 6.45) is -0.259. The van der Waals surface area contributed by atoms with E-state index in [1.807, 2.05) is 0 Å². The molecule has 1 aromatic heterocycles. The molecule has 9 heteroatoms. The summed E-state index contributed by atoms with van der Waals surface area (Å²) in [5, 5.41) is 17.3. The Morgan fingerprint density at radius 1 is 1.21 bits per heavy atom. The van der Waals surface area contributed by atoms with Crippen LogP contribution in [0.1, 0.15) is 60.7 Å². The average Bonchev–Trinajstić information content (AvgIpc) is 3.07. The smallest absolute Gasteiger partial charge is 0.435 e. The molecule has 28 heavy (non-hydrogen) atoms. The Morgan fingerprint density at radius 3 is 2.61 bits per heavy atom. The lowest BCUT2D eigenvalue weighted by molar-refractivity contribution is -0.380. The van der Waals surface area contributed by atoms with E-state index in [4.69, 9.17) is 16.3 Å². The Balaban J connectivity index is 1.86. The quantitative estimate of drug-likeness (QED) is 0.483. The first-order valence-electron chi connectivity index (χ1n) is 9.19. The third-order valence-electron chi connectivity index (χ3n) is 5.26. The van der Waals surface area contributed by atoms with Crippen LogP contribution in [0.4, 0.5) is 18.9 Å². The van der Waals surface area contributed by atoms with Gasteiger partial charge in [-0.3, -0.25) is 4.68 Å². The largest absolute Gasteiger partial charge is 0.616 e. The Labute approximate surface area is 165 Å². The van der Waals surface area contributed by atoms with Crippen molar-refractivity contribution in [1.29, 1.82) is 0 Å². The van der Waals surface area contributed by atoms with Crippen molar-refractivity contribution in [2.24, 2.45) is 0 Å². The fraction of sp³-hybridized carbons (Fsp3) is 0.474. The first kappa shape index (κ1) is 19.1. The van der Waals surface area contributed by atoms with E-state index in [0.717, 1.165) is 38.2 Å². The molecule has 1 saturated carbocycles. The molecule has 0 spiro atoms. The van der Waals surface area contributed by atoms with E-state index < -0.39 is 11.9 Å². The molecule has 1 aliphatic carbocycles. The van der Waals surface area contributed by atoms with Crippen molar-refractivity contribution in [3.8, 4) is 0 Å². The number of nitrogens with zero attached hydrogens (tertiary/aromatic N) is 3. The van der Waals surface area contributed by atoms with Crippen molar-refractivity contribution >= 4 is 23.2 Å². The highest BCUT2D eigenvalue weighted by atomic mass is 35.5. The van der Waals surface area contributed by atoms with Gasteiger partial charge in [0.25, 0.3) is 0 Å². The highest BCUT2D eigenvalue weighted by Gasteiger charge is 2.40. The Bertz CT molecular complexity index is 947. The van der Waals surface area contributed by atoms with Gasteiger partial charge in [-0.25, -0.2) is 0 Å². The molecule has 4 rings (SSSR count). The van der Waals surface area contributed by atoms with Crippen LogP contribution in [-0.2, 0) is 17.5 Å². The lowest BCUT2D eigenvalue weighted by Gasteiger charge is -2.25. The molecule has 1 aromatic carbocycles. The minimum absolute atomic E-state index is 0.0575. The van der Waals surface area contributed by atoms with Crippen molar-refractivity contribution in [2.45, 2.75) is 57.9 Å². The van der Waals surface area contributed by atoms with E-state index in [1.165, 1.54) is 4.68 Å². The number of hydrogen-bond donors (Lipinski definition) is 0. The second-order valence-electron chi connectivity index (χ2n) is 7.27. The molecule has 0 bridgehead atoms. The predicted molar refractivity (Wildman–Crippen MR) is 97.7 cm³/mol. The van der Waals surface area contributed by atoms with Crippen molar-refractivity contribution < 1.29 is 22.6 Å². The van der Waals surface area contributed by atoms with Crippen molar-refractivity contribution in [3.63, 3.8) is 0 Å². The van der Waals surface area contributed by atoms with Gasteiger partial charge in [-0.15, -0.1) is 4.74 Å². The van der Waals surface area contributed by atoms with Crippen molar-refractivity contribution in [1.82, 2.24) is 9.78 Å². The minimum atomic E-state index is -4.60. The maximum atomic E-state index is 13.3. The molecule has 0 N–H and O–H groups in total. The summed E-state index contributed by atoms with van der Waals surface area (Å²) in [5.74, 6) is -0.161. The van der Waals surface area contributed by atoms with Crippen LogP contribution in [0, 0.1) is 12.1 Å². The SMILES string of the molecule is Cc1cc(Cl)cc2c1[N+]([O-])=C(c1cc(C(F)(F)F)nn1C1CCCCC1)OC2. The van der Waals surface area contributed by atoms with Gasteiger partial charge in [-0.1, -0.05) is 30.9 Å². The molecule has 0 unspecified atom stereocenters. The number of aryl methyl sites for hydroxylation is 1. The first-order valence-corrected chi connectivity index (χ1v) is 9.56. The molecule has 2 heterocycles. The van der Waals surface area contributed by atoms with Gasteiger partial charge in [0.1, 0.15) is 6.61 Å². The Hall–Kier alpha value is -2.22. The van der Waals surface area contributed by atoms with Gasteiger partial charge in [0.05, 0.1) is 11.6 Å². The molecular weight excluding hydrogens is 395 g/mol. The average molecular weight is 414 g/mol. The third kappa shape index (κ3) is 3.34. The molecule has 5 nitrogen and oxygen atoms in total. The molecule has 0 atom stereocenters. The summed E-state index contributed by atoms with van der Waals surface area (Å²) >= 11 is 6.04. The number of rotatable bonds is 2. The van der Waals surface area contributed by atoms with E-state index in [0.29, 0.717) is 26.6 Å². The molecule has 2 aliphatic rings. The molecule has 2 aromatic rings. The third-order valence-corrected chi connectivity index (χ3v) is 5.48. The lowest BCUT2D eigenvalue weighted by Crippen LogP contribution is -2.28. The minimum Gasteiger partial charge on any atom is -0.616 e.